The number of aryl methyl sites for hydroxylation is 1. The van der Waals surface area contributed by atoms with Gasteiger partial charge in [-0.1, -0.05) is 0 Å². The van der Waals surface area contributed by atoms with Gasteiger partial charge in [0.1, 0.15) is 12.0 Å². The van der Waals surface area contributed by atoms with E-state index in [0.29, 0.717) is 41.8 Å². The van der Waals surface area contributed by atoms with Gasteiger partial charge in [0.2, 0.25) is 0 Å². The van der Waals surface area contributed by atoms with E-state index in [2.05, 4.69) is 5.32 Å². The molecule has 8 nitrogen and oxygen atoms in total. The van der Waals surface area contributed by atoms with Crippen molar-refractivity contribution < 1.29 is 8.78 Å². The molecule has 1 aromatic carbocycles. The quantitative estimate of drug-likeness (QED) is 0.534. The number of nitrogens with one attached hydrogen (secondary N) is 1. The number of hydrogen-bond donors (Lipinski definition) is 2. The number of nitrogens with zero attached hydrogens (tertiary/aromatic N) is 4. The number of nitrogen functional groups attached to an aromatic ring is 1. The molecule has 1 aliphatic heterocycles. The Bertz CT molecular complexity index is 1150. The lowest BCUT2D eigenvalue weighted by Gasteiger charge is -2.24. The van der Waals surface area contributed by atoms with Crippen molar-refractivity contribution in [3.8, 4) is 6.07 Å². The summed E-state index contributed by atoms with van der Waals surface area (Å²) in [6.45, 7) is 2.84. The number of nitrogens with two attached hydrogens (primary N) is 1. The topological polar surface area (TPSA) is 109 Å². The van der Waals surface area contributed by atoms with Crippen LogP contribution in [-0.4, -0.2) is 41.6 Å². The van der Waals surface area contributed by atoms with Gasteiger partial charge < -0.3 is 16.1 Å². The molecule has 2 heterocycles. The molecule has 1 aromatic heterocycles. The van der Waals surface area contributed by atoms with Gasteiger partial charge in [0.05, 0.1) is 22.7 Å². The van der Waals surface area contributed by atoms with Crippen LogP contribution >= 0.6 is 0 Å². The fourth-order valence-electron chi connectivity index (χ4n) is 4.36. The van der Waals surface area contributed by atoms with Crippen LogP contribution in [0.15, 0.2) is 15.7 Å². The summed E-state index contributed by atoms with van der Waals surface area (Å²) in [5.41, 5.74) is -0.342. The minimum atomic E-state index is -1.16. The summed E-state index contributed by atoms with van der Waals surface area (Å²) in [7, 11) is 0. The molecule has 2 aromatic rings. The van der Waals surface area contributed by atoms with E-state index in [1.165, 1.54) is 4.57 Å². The molecule has 2 fully saturated rings. The maximum Gasteiger partial charge on any atom is 0.350 e. The Kier molecular flexibility index (Phi) is 5.24. The third-order valence-electron chi connectivity index (χ3n) is 5.97. The van der Waals surface area contributed by atoms with Crippen molar-refractivity contribution in [3.63, 3.8) is 0 Å². The van der Waals surface area contributed by atoms with Gasteiger partial charge in [-0.3, -0.25) is 9.36 Å². The lowest BCUT2D eigenvalue weighted by molar-refractivity contribution is 0.277. The van der Waals surface area contributed by atoms with E-state index >= 15 is 4.39 Å². The van der Waals surface area contributed by atoms with Crippen molar-refractivity contribution in [2.45, 2.75) is 38.4 Å². The second kappa shape index (κ2) is 7.72. The third-order valence-corrected chi connectivity index (χ3v) is 5.97. The molecule has 160 valence electrons. The lowest BCUT2D eigenvalue weighted by atomic mass is 10.1. The highest BCUT2D eigenvalue weighted by Gasteiger charge is 2.36. The first-order chi connectivity index (χ1) is 14.3. The zero-order valence-electron chi connectivity index (χ0n) is 16.7. The molecule has 0 bridgehead atoms. The summed E-state index contributed by atoms with van der Waals surface area (Å²) in [5, 5.41) is 11.7. The Balaban J connectivity index is 1.75. The molecule has 0 amide bonds. The average molecular weight is 418 g/mol. The summed E-state index contributed by atoms with van der Waals surface area (Å²) in [6.07, 6.45) is 0.748. The van der Waals surface area contributed by atoms with Gasteiger partial charge >= 0.3 is 5.69 Å². The third kappa shape index (κ3) is 3.33. The summed E-state index contributed by atoms with van der Waals surface area (Å²) in [6, 6.07) is 3.06. The van der Waals surface area contributed by atoms with Crippen molar-refractivity contribution in [2.75, 3.05) is 36.9 Å². The zero-order chi connectivity index (χ0) is 21.6. The highest BCUT2D eigenvalue weighted by atomic mass is 19.1. The first kappa shape index (κ1) is 20.3. The maximum atomic E-state index is 15.1. The standard InChI is InChI=1S/C20H24F2N6O2/c1-11-17-14(19(29)28(24)20(30)27(17)13-3-4-13)7-15(21)18(11)26-9-12(16(22)10-26)8-25-6-2-5-23/h7,12-13,16,25H,2-4,6,8-10,24H2,1H3/t12-,16-/m0/s1. The smallest absolute Gasteiger partial charge is 0.350 e. The van der Waals surface area contributed by atoms with Gasteiger partial charge in [0.25, 0.3) is 5.56 Å². The van der Waals surface area contributed by atoms with E-state index in [1.54, 1.807) is 11.8 Å². The lowest BCUT2D eigenvalue weighted by Crippen LogP contribution is -2.44. The van der Waals surface area contributed by atoms with E-state index in [1.807, 2.05) is 6.07 Å². The molecule has 1 saturated carbocycles. The monoisotopic (exact) mass is 418 g/mol. The molecule has 2 atom stereocenters. The minimum absolute atomic E-state index is 0.0233. The number of rotatable bonds is 6. The number of aromatic nitrogens is 2. The van der Waals surface area contributed by atoms with Crippen molar-refractivity contribution in [3.05, 3.63) is 38.3 Å². The normalized spacial score (nSPS) is 21.3. The second-order valence-corrected chi connectivity index (χ2v) is 8.08. The van der Waals surface area contributed by atoms with E-state index in [-0.39, 0.29) is 29.6 Å². The summed E-state index contributed by atoms with van der Waals surface area (Å²) >= 11 is 0. The number of halogens is 2. The molecule has 0 unspecified atom stereocenters. The predicted molar refractivity (Wildman–Crippen MR) is 109 cm³/mol. The van der Waals surface area contributed by atoms with E-state index < -0.39 is 23.2 Å². The van der Waals surface area contributed by atoms with Crippen LogP contribution in [0, 0.1) is 30.0 Å². The van der Waals surface area contributed by atoms with Crippen molar-refractivity contribution in [1.82, 2.24) is 14.6 Å². The van der Waals surface area contributed by atoms with Crippen molar-refractivity contribution in [1.29, 1.82) is 5.26 Å². The Morgan fingerprint density at radius 1 is 1.33 bits per heavy atom. The first-order valence-corrected chi connectivity index (χ1v) is 10.1. The Hall–Kier alpha value is -2.93. The number of nitriles is 1. The van der Waals surface area contributed by atoms with Gasteiger partial charge in [-0.15, -0.1) is 0 Å². The van der Waals surface area contributed by atoms with Crippen LogP contribution < -0.4 is 27.3 Å². The Morgan fingerprint density at radius 2 is 2.07 bits per heavy atom. The second-order valence-electron chi connectivity index (χ2n) is 8.08. The number of benzene rings is 1. The molecule has 3 N–H and O–H groups in total. The molecule has 1 saturated heterocycles. The van der Waals surface area contributed by atoms with Crippen molar-refractivity contribution >= 4 is 16.6 Å². The SMILES string of the molecule is Cc1c(N2C[C@H](CNCCC#N)[C@@H](F)C2)c(F)cc2c(=O)n(N)c(=O)n(C3CC3)c12. The van der Waals surface area contributed by atoms with Crippen LogP contribution in [0.3, 0.4) is 0 Å². The van der Waals surface area contributed by atoms with Gasteiger partial charge in [-0.2, -0.15) is 9.94 Å². The van der Waals surface area contributed by atoms with Crippen LogP contribution in [0.2, 0.25) is 0 Å². The molecule has 4 rings (SSSR count). The van der Waals surface area contributed by atoms with Gasteiger partial charge in [0, 0.05) is 50.1 Å². The highest BCUT2D eigenvalue weighted by Crippen LogP contribution is 2.39. The fraction of sp³-hybridized carbons (Fsp3) is 0.550. The predicted octanol–water partition coefficient (Wildman–Crippen LogP) is 0.937. The van der Waals surface area contributed by atoms with Crippen LogP contribution in [0.4, 0.5) is 14.5 Å². The number of fused-ring (bicyclic) bond motifs is 1. The van der Waals surface area contributed by atoms with Crippen LogP contribution in [0.1, 0.15) is 30.9 Å². The van der Waals surface area contributed by atoms with Gasteiger partial charge in [0.15, 0.2) is 0 Å². The zero-order valence-corrected chi connectivity index (χ0v) is 16.7. The summed E-state index contributed by atoms with van der Waals surface area (Å²) in [4.78, 5) is 26.8. The maximum absolute atomic E-state index is 15.1. The van der Waals surface area contributed by atoms with Crippen LogP contribution in [0.5, 0.6) is 0 Å². The number of alkyl halides is 1. The first-order valence-electron chi connectivity index (χ1n) is 10.1. The van der Waals surface area contributed by atoms with Gasteiger partial charge in [-0.25, -0.2) is 13.6 Å². The Morgan fingerprint density at radius 3 is 2.73 bits per heavy atom. The molecule has 2 aliphatic rings. The molecule has 0 radical (unpaired) electrons. The van der Waals surface area contributed by atoms with E-state index in [9.17, 15) is 14.0 Å². The highest BCUT2D eigenvalue weighted by molar-refractivity contribution is 5.87. The summed E-state index contributed by atoms with van der Waals surface area (Å²) < 4.78 is 31.7. The summed E-state index contributed by atoms with van der Waals surface area (Å²) in [5.74, 6) is 4.66. The van der Waals surface area contributed by atoms with Crippen LogP contribution in [0.25, 0.3) is 10.9 Å². The fourth-order valence-corrected chi connectivity index (χ4v) is 4.36. The molecular formula is C20H24F2N6O2. The molecular weight excluding hydrogens is 394 g/mol. The molecule has 0 spiro atoms. The van der Waals surface area contributed by atoms with E-state index in [0.717, 1.165) is 18.9 Å². The number of hydrogen-bond acceptors (Lipinski definition) is 6. The largest absolute Gasteiger partial charge is 0.366 e. The van der Waals surface area contributed by atoms with Gasteiger partial charge in [-0.05, 0) is 25.8 Å². The van der Waals surface area contributed by atoms with Crippen molar-refractivity contribution in [2.24, 2.45) is 5.92 Å². The molecule has 1 aliphatic carbocycles. The Labute approximate surface area is 171 Å². The van der Waals surface area contributed by atoms with E-state index in [4.69, 9.17) is 11.1 Å². The number of anilines is 1. The average Bonchev–Trinajstić information content (AvgIpc) is 3.48. The molecule has 10 heteroatoms. The molecule has 30 heavy (non-hydrogen) atoms. The minimum Gasteiger partial charge on any atom is -0.366 e. The van der Waals surface area contributed by atoms with Crippen LogP contribution in [-0.2, 0) is 0 Å².